The summed E-state index contributed by atoms with van der Waals surface area (Å²) in [6, 6.07) is 18.2. The second-order valence-electron chi connectivity index (χ2n) is 8.96. The predicted molar refractivity (Wildman–Crippen MR) is 152 cm³/mol. The molecular weight excluding hydrogens is 534 g/mol. The zero-order valence-electron chi connectivity index (χ0n) is 22.8. The predicted octanol–water partition coefficient (Wildman–Crippen LogP) is 4.17. The van der Waals surface area contributed by atoms with Gasteiger partial charge in [-0.15, -0.1) is 0 Å². The van der Waals surface area contributed by atoms with Crippen molar-refractivity contribution in [3.63, 3.8) is 0 Å². The average Bonchev–Trinajstić information content (AvgIpc) is 2.97. The van der Waals surface area contributed by atoms with Gasteiger partial charge in [0.15, 0.2) is 6.61 Å². The van der Waals surface area contributed by atoms with Gasteiger partial charge in [-0.05, 0) is 73.2 Å². The molecule has 1 heterocycles. The van der Waals surface area contributed by atoms with Gasteiger partial charge >= 0.3 is 0 Å². The smallest absolute Gasteiger partial charge is 0.265 e. The number of carbonyl (C=O) groups is 2. The van der Waals surface area contributed by atoms with Gasteiger partial charge in [0.05, 0.1) is 24.3 Å². The largest absolute Gasteiger partial charge is 0.497 e. The SMILES string of the molecule is CCN(CC)S(=O)(=O)c1ccc(C(=O)Nc2ccc3c(c2)N(CCCOc2ccc(OC)cc2)C(=O)CO3)cc1. The molecule has 3 aromatic rings. The van der Waals surface area contributed by atoms with Crippen molar-refractivity contribution in [2.24, 2.45) is 0 Å². The molecule has 0 saturated heterocycles. The summed E-state index contributed by atoms with van der Waals surface area (Å²) in [7, 11) is -2.02. The molecule has 0 fully saturated rings. The highest BCUT2D eigenvalue weighted by Crippen LogP contribution is 2.35. The Morgan fingerprint density at radius 1 is 1.00 bits per heavy atom. The number of carbonyl (C=O) groups excluding carboxylic acids is 2. The Balaban J connectivity index is 1.40. The molecule has 3 aromatic carbocycles. The van der Waals surface area contributed by atoms with Gasteiger partial charge in [-0.1, -0.05) is 13.8 Å². The quantitative estimate of drug-likeness (QED) is 0.327. The molecule has 0 radical (unpaired) electrons. The number of benzene rings is 3. The van der Waals surface area contributed by atoms with Gasteiger partial charge < -0.3 is 24.4 Å². The molecule has 4 rings (SSSR count). The van der Waals surface area contributed by atoms with Crippen LogP contribution in [-0.2, 0) is 14.8 Å². The van der Waals surface area contributed by atoms with E-state index in [1.165, 1.54) is 28.6 Å². The molecule has 0 saturated carbocycles. The maximum absolute atomic E-state index is 12.9. The average molecular weight is 568 g/mol. The Hall–Kier alpha value is -4.09. The highest BCUT2D eigenvalue weighted by Gasteiger charge is 2.26. The fourth-order valence-corrected chi connectivity index (χ4v) is 5.76. The third-order valence-corrected chi connectivity index (χ3v) is 8.54. The molecule has 0 aromatic heterocycles. The molecule has 40 heavy (non-hydrogen) atoms. The number of hydrogen-bond acceptors (Lipinski definition) is 7. The van der Waals surface area contributed by atoms with Crippen LogP contribution in [0.3, 0.4) is 0 Å². The first-order chi connectivity index (χ1) is 19.3. The molecule has 1 aliphatic heterocycles. The van der Waals surface area contributed by atoms with Gasteiger partial charge in [0.1, 0.15) is 17.2 Å². The topological polar surface area (TPSA) is 114 Å². The Morgan fingerprint density at radius 2 is 1.68 bits per heavy atom. The molecule has 1 aliphatic rings. The first kappa shape index (κ1) is 28.9. The zero-order valence-corrected chi connectivity index (χ0v) is 23.6. The van der Waals surface area contributed by atoms with E-state index in [4.69, 9.17) is 14.2 Å². The van der Waals surface area contributed by atoms with Crippen molar-refractivity contribution in [2.45, 2.75) is 25.2 Å². The van der Waals surface area contributed by atoms with Crippen molar-refractivity contribution in [2.75, 3.05) is 50.2 Å². The van der Waals surface area contributed by atoms with Gasteiger partial charge in [0.2, 0.25) is 10.0 Å². The maximum atomic E-state index is 12.9. The van der Waals surface area contributed by atoms with E-state index in [1.54, 1.807) is 44.1 Å². The van der Waals surface area contributed by atoms with Crippen molar-refractivity contribution >= 4 is 33.2 Å². The van der Waals surface area contributed by atoms with Crippen LogP contribution in [0.2, 0.25) is 0 Å². The van der Waals surface area contributed by atoms with Crippen LogP contribution < -0.4 is 24.4 Å². The lowest BCUT2D eigenvalue weighted by atomic mass is 10.1. The van der Waals surface area contributed by atoms with Crippen molar-refractivity contribution in [1.29, 1.82) is 0 Å². The molecule has 10 nitrogen and oxygen atoms in total. The van der Waals surface area contributed by atoms with Gasteiger partial charge in [-0.3, -0.25) is 9.59 Å². The summed E-state index contributed by atoms with van der Waals surface area (Å²) in [4.78, 5) is 27.3. The summed E-state index contributed by atoms with van der Waals surface area (Å²) in [5.74, 6) is 1.39. The molecule has 0 spiro atoms. The second-order valence-corrected chi connectivity index (χ2v) is 10.9. The van der Waals surface area contributed by atoms with E-state index in [2.05, 4.69) is 5.32 Å². The number of sulfonamides is 1. The molecule has 0 atom stereocenters. The zero-order chi connectivity index (χ0) is 28.7. The number of ether oxygens (including phenoxy) is 3. The number of rotatable bonds is 12. The van der Waals surface area contributed by atoms with E-state index in [1.807, 2.05) is 24.3 Å². The van der Waals surface area contributed by atoms with Crippen LogP contribution in [-0.4, -0.2) is 64.5 Å². The molecule has 1 N–H and O–H groups in total. The lowest BCUT2D eigenvalue weighted by molar-refractivity contribution is -0.121. The summed E-state index contributed by atoms with van der Waals surface area (Å²) in [6.45, 7) is 5.01. The van der Waals surface area contributed by atoms with Crippen LogP contribution in [0.5, 0.6) is 17.2 Å². The van der Waals surface area contributed by atoms with Crippen LogP contribution in [0, 0.1) is 0 Å². The number of nitrogens with zero attached hydrogens (tertiary/aromatic N) is 2. The summed E-state index contributed by atoms with van der Waals surface area (Å²) in [5.41, 5.74) is 1.33. The van der Waals surface area contributed by atoms with Crippen LogP contribution in [0.15, 0.2) is 71.6 Å². The number of fused-ring (bicyclic) bond motifs is 1. The summed E-state index contributed by atoms with van der Waals surface area (Å²) in [5, 5.41) is 2.82. The number of nitrogens with one attached hydrogen (secondary N) is 1. The van der Waals surface area contributed by atoms with Gasteiger partial charge in [0, 0.05) is 30.9 Å². The second kappa shape index (κ2) is 12.8. The minimum absolute atomic E-state index is 0.0687. The Bertz CT molecular complexity index is 1440. The minimum atomic E-state index is -3.62. The van der Waals surface area contributed by atoms with Crippen molar-refractivity contribution < 1.29 is 32.2 Å². The van der Waals surface area contributed by atoms with Crippen LogP contribution in [0.1, 0.15) is 30.6 Å². The fourth-order valence-electron chi connectivity index (χ4n) is 4.30. The number of methoxy groups -OCH3 is 1. The highest BCUT2D eigenvalue weighted by molar-refractivity contribution is 7.89. The number of hydrogen-bond donors (Lipinski definition) is 1. The molecule has 2 amide bonds. The lowest BCUT2D eigenvalue weighted by Crippen LogP contribution is -2.39. The number of amides is 2. The summed E-state index contributed by atoms with van der Waals surface area (Å²) in [6.07, 6.45) is 0.580. The molecule has 0 aliphatic carbocycles. The Morgan fingerprint density at radius 3 is 2.33 bits per heavy atom. The monoisotopic (exact) mass is 567 g/mol. The van der Waals surface area contributed by atoms with E-state index in [9.17, 15) is 18.0 Å². The fraction of sp³-hybridized carbons (Fsp3) is 0.310. The van der Waals surface area contributed by atoms with E-state index < -0.39 is 15.9 Å². The van der Waals surface area contributed by atoms with Crippen LogP contribution in [0.4, 0.5) is 11.4 Å². The third kappa shape index (κ3) is 6.54. The van der Waals surface area contributed by atoms with Crippen molar-refractivity contribution in [3.05, 3.63) is 72.3 Å². The maximum Gasteiger partial charge on any atom is 0.265 e. The summed E-state index contributed by atoms with van der Waals surface area (Å²) < 4.78 is 43.3. The Labute approximate surface area is 234 Å². The van der Waals surface area contributed by atoms with E-state index in [-0.39, 0.29) is 17.4 Å². The highest BCUT2D eigenvalue weighted by atomic mass is 32.2. The molecular formula is C29H33N3O7S. The molecule has 0 bridgehead atoms. The van der Waals surface area contributed by atoms with Crippen LogP contribution in [0.25, 0.3) is 0 Å². The third-order valence-electron chi connectivity index (χ3n) is 6.47. The van der Waals surface area contributed by atoms with Gasteiger partial charge in [-0.25, -0.2) is 8.42 Å². The number of anilines is 2. The first-order valence-electron chi connectivity index (χ1n) is 13.0. The van der Waals surface area contributed by atoms with Crippen molar-refractivity contribution in [1.82, 2.24) is 4.31 Å². The van der Waals surface area contributed by atoms with Crippen LogP contribution >= 0.6 is 0 Å². The minimum Gasteiger partial charge on any atom is -0.497 e. The molecule has 0 unspecified atom stereocenters. The Kier molecular flexibility index (Phi) is 9.28. The molecule has 212 valence electrons. The van der Waals surface area contributed by atoms with E-state index in [0.717, 1.165) is 5.75 Å². The molecule has 11 heteroatoms. The van der Waals surface area contributed by atoms with Crippen molar-refractivity contribution in [3.8, 4) is 17.2 Å². The standard InChI is InChI=1S/C29H33N3O7S/c1-4-31(5-2)40(35,36)25-14-7-21(8-15-25)29(34)30-22-9-16-27-26(19-22)32(28(33)20-39-27)17-6-18-38-24-12-10-23(37-3)11-13-24/h7-16,19H,4-6,17-18,20H2,1-3H3,(H,30,34). The van der Waals surface area contributed by atoms with Gasteiger partial charge in [0.25, 0.3) is 11.8 Å². The normalized spacial score (nSPS) is 13.0. The van der Waals surface area contributed by atoms with E-state index >= 15 is 0 Å². The van der Waals surface area contributed by atoms with Gasteiger partial charge in [-0.2, -0.15) is 4.31 Å². The lowest BCUT2D eigenvalue weighted by Gasteiger charge is -2.30. The van der Waals surface area contributed by atoms with E-state index in [0.29, 0.717) is 61.1 Å². The first-order valence-corrected chi connectivity index (χ1v) is 14.5. The summed E-state index contributed by atoms with van der Waals surface area (Å²) >= 11 is 0.